The third kappa shape index (κ3) is 2.22. The molecule has 1 aromatic rings. The molecule has 0 spiro atoms. The van der Waals surface area contributed by atoms with Crippen molar-refractivity contribution in [1.29, 1.82) is 0 Å². The lowest BCUT2D eigenvalue weighted by molar-refractivity contribution is -0.114. The molecule has 1 fully saturated rings. The van der Waals surface area contributed by atoms with Crippen LogP contribution in [0.5, 0.6) is 0 Å². The third-order valence-corrected chi connectivity index (χ3v) is 6.01. The molecule has 3 atom stereocenters. The van der Waals surface area contributed by atoms with Crippen molar-refractivity contribution in [3.63, 3.8) is 0 Å². The monoisotopic (exact) mass is 289 g/mol. The summed E-state index contributed by atoms with van der Waals surface area (Å²) in [6.07, 6.45) is 4.87. The minimum atomic E-state index is -1.24. The Hall–Kier alpha value is -1.42. The van der Waals surface area contributed by atoms with Crippen LogP contribution in [0.4, 0.5) is 5.69 Å². The molecular formula is C16H19NO2S. The average Bonchev–Trinajstić information content (AvgIpc) is 2.98. The first-order valence-electron chi connectivity index (χ1n) is 7.00. The lowest BCUT2D eigenvalue weighted by Crippen LogP contribution is -2.27. The Morgan fingerprint density at radius 1 is 1.20 bits per heavy atom. The molecule has 1 unspecified atom stereocenters. The number of hydrogen-bond acceptors (Lipinski definition) is 3. The molecule has 0 amide bonds. The second kappa shape index (κ2) is 5.17. The topological polar surface area (TPSA) is 37.4 Å². The SMILES string of the molecule is CN(C)c1ccc(S(=O)[C@H]2C(=O)C=C3CCC[C@@H]32)cc1. The fourth-order valence-electron chi connectivity index (χ4n) is 3.16. The van der Waals surface area contributed by atoms with E-state index in [1.54, 1.807) is 6.08 Å². The smallest absolute Gasteiger partial charge is 0.172 e. The molecule has 0 bridgehead atoms. The summed E-state index contributed by atoms with van der Waals surface area (Å²) in [5, 5.41) is -0.349. The highest BCUT2D eigenvalue weighted by Gasteiger charge is 2.42. The van der Waals surface area contributed by atoms with E-state index in [0.29, 0.717) is 0 Å². The second-order valence-electron chi connectivity index (χ2n) is 5.73. The Labute approximate surface area is 122 Å². The minimum absolute atomic E-state index is 0.0553. The number of rotatable bonds is 3. The highest BCUT2D eigenvalue weighted by molar-refractivity contribution is 7.86. The quantitative estimate of drug-likeness (QED) is 0.858. The van der Waals surface area contributed by atoms with Gasteiger partial charge in [-0.05, 0) is 49.6 Å². The van der Waals surface area contributed by atoms with Gasteiger partial charge in [0.05, 0.1) is 10.8 Å². The molecule has 1 aromatic carbocycles. The molecular weight excluding hydrogens is 270 g/mol. The van der Waals surface area contributed by atoms with Crippen LogP contribution >= 0.6 is 0 Å². The predicted octanol–water partition coefficient (Wildman–Crippen LogP) is 2.54. The number of carbonyl (C=O) groups is 1. The van der Waals surface area contributed by atoms with Gasteiger partial charge in [0.25, 0.3) is 0 Å². The van der Waals surface area contributed by atoms with E-state index in [-0.39, 0.29) is 17.0 Å². The van der Waals surface area contributed by atoms with Crippen LogP contribution in [0, 0.1) is 5.92 Å². The van der Waals surface area contributed by atoms with Gasteiger partial charge in [-0.3, -0.25) is 9.00 Å². The zero-order chi connectivity index (χ0) is 14.3. The number of allylic oxidation sites excluding steroid dienone is 2. The van der Waals surface area contributed by atoms with Gasteiger partial charge in [0.2, 0.25) is 0 Å². The molecule has 20 heavy (non-hydrogen) atoms. The maximum absolute atomic E-state index is 12.7. The highest BCUT2D eigenvalue weighted by Crippen LogP contribution is 2.41. The Balaban J connectivity index is 1.84. The van der Waals surface area contributed by atoms with E-state index in [9.17, 15) is 9.00 Å². The lowest BCUT2D eigenvalue weighted by Gasteiger charge is -2.17. The number of benzene rings is 1. The van der Waals surface area contributed by atoms with E-state index >= 15 is 0 Å². The predicted molar refractivity (Wildman–Crippen MR) is 81.4 cm³/mol. The first kappa shape index (κ1) is 13.6. The van der Waals surface area contributed by atoms with Crippen LogP contribution in [0.2, 0.25) is 0 Å². The summed E-state index contributed by atoms with van der Waals surface area (Å²) in [5.74, 6) is 0.275. The Morgan fingerprint density at radius 2 is 1.90 bits per heavy atom. The van der Waals surface area contributed by atoms with Gasteiger partial charge in [-0.25, -0.2) is 0 Å². The van der Waals surface area contributed by atoms with E-state index in [1.165, 1.54) is 5.57 Å². The largest absolute Gasteiger partial charge is 0.378 e. The highest BCUT2D eigenvalue weighted by atomic mass is 32.2. The minimum Gasteiger partial charge on any atom is -0.378 e. The molecule has 2 aliphatic carbocycles. The van der Waals surface area contributed by atoms with Crippen molar-refractivity contribution < 1.29 is 9.00 Å². The van der Waals surface area contributed by atoms with Crippen LogP contribution in [0.1, 0.15) is 19.3 Å². The normalized spacial score (nSPS) is 26.3. The van der Waals surface area contributed by atoms with Crippen LogP contribution in [-0.4, -0.2) is 29.3 Å². The van der Waals surface area contributed by atoms with Gasteiger partial charge < -0.3 is 4.90 Å². The van der Waals surface area contributed by atoms with Gasteiger partial charge >= 0.3 is 0 Å². The maximum Gasteiger partial charge on any atom is 0.172 e. The second-order valence-corrected chi connectivity index (χ2v) is 7.30. The van der Waals surface area contributed by atoms with Gasteiger partial charge in [-0.1, -0.05) is 5.57 Å². The summed E-state index contributed by atoms with van der Waals surface area (Å²) in [4.78, 5) is 14.9. The van der Waals surface area contributed by atoms with Crippen molar-refractivity contribution in [2.45, 2.75) is 29.4 Å². The molecule has 0 aromatic heterocycles. The molecule has 4 heteroatoms. The molecule has 0 heterocycles. The molecule has 106 valence electrons. The zero-order valence-corrected chi connectivity index (χ0v) is 12.7. The fourth-order valence-corrected chi connectivity index (χ4v) is 4.75. The van der Waals surface area contributed by atoms with Gasteiger partial charge in [0.15, 0.2) is 5.78 Å². The molecule has 1 saturated carbocycles. The van der Waals surface area contributed by atoms with Crippen LogP contribution < -0.4 is 4.90 Å². The summed E-state index contributed by atoms with van der Waals surface area (Å²) in [7, 11) is 2.71. The summed E-state index contributed by atoms with van der Waals surface area (Å²) < 4.78 is 12.7. The Bertz CT molecular complexity index is 589. The van der Waals surface area contributed by atoms with E-state index in [4.69, 9.17) is 0 Å². The number of fused-ring (bicyclic) bond motifs is 1. The lowest BCUT2D eigenvalue weighted by atomic mass is 10.1. The van der Waals surface area contributed by atoms with Gasteiger partial charge in [0.1, 0.15) is 5.25 Å². The molecule has 0 saturated heterocycles. The number of ketones is 1. The van der Waals surface area contributed by atoms with Crippen LogP contribution in [0.25, 0.3) is 0 Å². The first-order chi connectivity index (χ1) is 9.58. The number of nitrogens with zero attached hydrogens (tertiary/aromatic N) is 1. The molecule has 0 aliphatic heterocycles. The molecule has 0 N–H and O–H groups in total. The maximum atomic E-state index is 12.7. The van der Waals surface area contributed by atoms with Crippen LogP contribution in [0.15, 0.2) is 40.8 Å². The van der Waals surface area contributed by atoms with Gasteiger partial charge in [0, 0.05) is 30.6 Å². The first-order valence-corrected chi connectivity index (χ1v) is 8.21. The Kier molecular flexibility index (Phi) is 3.50. The summed E-state index contributed by atoms with van der Waals surface area (Å²) in [6.45, 7) is 0. The zero-order valence-electron chi connectivity index (χ0n) is 11.8. The van der Waals surface area contributed by atoms with Gasteiger partial charge in [-0.15, -0.1) is 0 Å². The molecule has 3 rings (SSSR count). The summed E-state index contributed by atoms with van der Waals surface area (Å²) >= 11 is 0. The van der Waals surface area contributed by atoms with Crippen molar-refractivity contribution in [3.05, 3.63) is 35.9 Å². The molecule has 3 nitrogen and oxygen atoms in total. The van der Waals surface area contributed by atoms with Crippen molar-refractivity contribution in [2.75, 3.05) is 19.0 Å². The number of hydrogen-bond donors (Lipinski definition) is 0. The van der Waals surface area contributed by atoms with Crippen molar-refractivity contribution in [2.24, 2.45) is 5.92 Å². The Morgan fingerprint density at radius 3 is 2.55 bits per heavy atom. The van der Waals surface area contributed by atoms with Crippen molar-refractivity contribution in [1.82, 2.24) is 0 Å². The van der Waals surface area contributed by atoms with Crippen LogP contribution in [0.3, 0.4) is 0 Å². The van der Waals surface area contributed by atoms with Crippen molar-refractivity contribution in [3.8, 4) is 0 Å². The van der Waals surface area contributed by atoms with E-state index in [0.717, 1.165) is 29.8 Å². The molecule has 2 aliphatic rings. The van der Waals surface area contributed by atoms with Crippen LogP contribution in [-0.2, 0) is 15.6 Å². The summed E-state index contributed by atoms with van der Waals surface area (Å²) in [6, 6.07) is 7.67. The summed E-state index contributed by atoms with van der Waals surface area (Å²) in [5.41, 5.74) is 2.29. The van der Waals surface area contributed by atoms with E-state index in [1.807, 2.05) is 43.3 Å². The van der Waals surface area contributed by atoms with Crippen molar-refractivity contribution >= 4 is 22.3 Å². The average molecular weight is 289 g/mol. The fraction of sp³-hybridized carbons (Fsp3) is 0.438. The van der Waals surface area contributed by atoms with E-state index < -0.39 is 10.8 Å². The number of carbonyl (C=O) groups excluding carboxylic acids is 1. The third-order valence-electron chi connectivity index (χ3n) is 4.25. The van der Waals surface area contributed by atoms with Gasteiger partial charge in [-0.2, -0.15) is 0 Å². The molecule has 0 radical (unpaired) electrons. The van der Waals surface area contributed by atoms with E-state index in [2.05, 4.69) is 0 Å². The standard InChI is InChI=1S/C16H19NO2S/c1-17(2)12-6-8-13(9-7-12)20(19)16-14-5-3-4-11(14)10-15(16)18/h6-10,14,16H,3-5H2,1-2H3/t14-,16+,20?/m0/s1. The number of anilines is 1.